The third-order valence-corrected chi connectivity index (χ3v) is 4.39. The summed E-state index contributed by atoms with van der Waals surface area (Å²) in [7, 11) is 0. The molecular weight excluding hydrogens is 324 g/mol. The molecule has 1 heterocycles. The van der Waals surface area contributed by atoms with Crippen molar-refractivity contribution < 1.29 is 13.6 Å². The highest BCUT2D eigenvalue weighted by Gasteiger charge is 2.19. The minimum absolute atomic E-state index is 0.192. The number of halogens is 2. The van der Waals surface area contributed by atoms with Crippen molar-refractivity contribution in [1.82, 2.24) is 10.2 Å². The Balaban J connectivity index is 1.41. The number of carbonyl (C=O) groups is 1. The number of nitrogens with one attached hydrogen (secondary N) is 1. The van der Waals surface area contributed by atoms with E-state index in [0.717, 1.165) is 32.7 Å². The molecule has 1 N–H and O–H groups in total. The van der Waals surface area contributed by atoms with Crippen LogP contribution in [-0.4, -0.2) is 50.1 Å². The second-order valence-electron chi connectivity index (χ2n) is 6.04. The van der Waals surface area contributed by atoms with Crippen LogP contribution >= 0.6 is 0 Å². The van der Waals surface area contributed by atoms with Crippen LogP contribution in [0.2, 0.25) is 0 Å². The summed E-state index contributed by atoms with van der Waals surface area (Å²) < 4.78 is 26.7. The van der Waals surface area contributed by atoms with Crippen LogP contribution in [0.25, 0.3) is 0 Å². The van der Waals surface area contributed by atoms with Gasteiger partial charge in [0.05, 0.1) is 5.69 Å². The van der Waals surface area contributed by atoms with E-state index in [9.17, 15) is 13.6 Å². The molecule has 1 amide bonds. The number of amides is 1. The Labute approximate surface area is 146 Å². The van der Waals surface area contributed by atoms with Crippen LogP contribution in [-0.2, 0) is 0 Å². The fourth-order valence-electron chi connectivity index (χ4n) is 2.95. The van der Waals surface area contributed by atoms with Crippen molar-refractivity contribution in [3.05, 3.63) is 65.7 Å². The average Bonchev–Trinajstić information content (AvgIpc) is 2.63. The van der Waals surface area contributed by atoms with Gasteiger partial charge in [0.2, 0.25) is 0 Å². The van der Waals surface area contributed by atoms with Crippen molar-refractivity contribution in [3.63, 3.8) is 0 Å². The Bertz CT molecular complexity index is 713. The lowest BCUT2D eigenvalue weighted by Crippen LogP contribution is -2.48. The first kappa shape index (κ1) is 17.4. The summed E-state index contributed by atoms with van der Waals surface area (Å²) in [6.45, 7) is 4.41. The van der Waals surface area contributed by atoms with Crippen LogP contribution in [0, 0.1) is 11.6 Å². The van der Waals surface area contributed by atoms with E-state index in [-0.39, 0.29) is 17.5 Å². The molecule has 6 heteroatoms. The molecule has 1 aliphatic rings. The molecule has 3 rings (SSSR count). The maximum atomic E-state index is 13.8. The van der Waals surface area contributed by atoms with Crippen LogP contribution in [0.15, 0.2) is 48.5 Å². The van der Waals surface area contributed by atoms with Gasteiger partial charge in [-0.2, -0.15) is 0 Å². The van der Waals surface area contributed by atoms with Gasteiger partial charge in [-0.25, -0.2) is 8.78 Å². The molecule has 0 radical (unpaired) electrons. The highest BCUT2D eigenvalue weighted by molar-refractivity contribution is 5.94. The van der Waals surface area contributed by atoms with Crippen LogP contribution < -0.4 is 10.2 Å². The van der Waals surface area contributed by atoms with Crippen LogP contribution in [0.3, 0.4) is 0 Å². The van der Waals surface area contributed by atoms with Gasteiger partial charge in [0, 0.05) is 44.8 Å². The van der Waals surface area contributed by atoms with Gasteiger partial charge in [-0.3, -0.25) is 9.69 Å². The number of rotatable bonds is 5. The van der Waals surface area contributed by atoms with E-state index in [2.05, 4.69) is 10.2 Å². The number of piperazine rings is 1. The maximum absolute atomic E-state index is 13.8. The van der Waals surface area contributed by atoms with Gasteiger partial charge in [0.25, 0.3) is 5.91 Å². The van der Waals surface area contributed by atoms with Gasteiger partial charge in [-0.05, 0) is 36.4 Å². The van der Waals surface area contributed by atoms with Gasteiger partial charge < -0.3 is 10.2 Å². The molecule has 25 heavy (non-hydrogen) atoms. The average molecular weight is 345 g/mol. The fraction of sp³-hybridized carbons (Fsp3) is 0.316. The number of hydrogen-bond donors (Lipinski definition) is 1. The maximum Gasteiger partial charge on any atom is 0.251 e. The van der Waals surface area contributed by atoms with Crippen LogP contribution in [0.1, 0.15) is 10.4 Å². The van der Waals surface area contributed by atoms with Crippen molar-refractivity contribution in [2.24, 2.45) is 0 Å². The molecule has 0 bridgehead atoms. The summed E-state index contributed by atoms with van der Waals surface area (Å²) in [4.78, 5) is 16.3. The Kier molecular flexibility index (Phi) is 5.60. The van der Waals surface area contributed by atoms with E-state index >= 15 is 0 Å². The molecule has 0 aliphatic carbocycles. The van der Waals surface area contributed by atoms with E-state index in [1.807, 2.05) is 11.0 Å². The number of anilines is 1. The minimum Gasteiger partial charge on any atom is -0.367 e. The molecule has 0 saturated carbocycles. The molecule has 132 valence electrons. The smallest absolute Gasteiger partial charge is 0.251 e. The first-order valence-corrected chi connectivity index (χ1v) is 8.39. The van der Waals surface area contributed by atoms with Crippen molar-refractivity contribution >= 4 is 11.6 Å². The van der Waals surface area contributed by atoms with Gasteiger partial charge in [-0.1, -0.05) is 12.1 Å². The van der Waals surface area contributed by atoms with Crippen LogP contribution in [0.4, 0.5) is 14.5 Å². The molecule has 1 aliphatic heterocycles. The van der Waals surface area contributed by atoms with Gasteiger partial charge in [0.1, 0.15) is 11.6 Å². The SMILES string of the molecule is O=C(NCCN1CCN(c2ccccc2F)CC1)c1ccc(F)cc1. The quantitative estimate of drug-likeness (QED) is 0.905. The standard InChI is InChI=1S/C19H21F2N3O/c20-16-7-5-15(6-8-16)19(25)22-9-10-23-11-13-24(14-12-23)18-4-2-1-3-17(18)21/h1-8H,9-14H2,(H,22,25). The highest BCUT2D eigenvalue weighted by atomic mass is 19.1. The molecule has 1 fully saturated rings. The summed E-state index contributed by atoms with van der Waals surface area (Å²) in [5.41, 5.74) is 1.09. The van der Waals surface area contributed by atoms with E-state index in [1.54, 1.807) is 12.1 Å². The highest BCUT2D eigenvalue weighted by Crippen LogP contribution is 2.19. The first-order chi connectivity index (χ1) is 12.1. The molecule has 0 unspecified atom stereocenters. The molecule has 2 aromatic rings. The van der Waals surface area contributed by atoms with Crippen molar-refractivity contribution in [3.8, 4) is 0 Å². The van der Waals surface area contributed by atoms with Crippen LogP contribution in [0.5, 0.6) is 0 Å². The summed E-state index contributed by atoms with van der Waals surface area (Å²) in [6, 6.07) is 12.3. The number of benzene rings is 2. The van der Waals surface area contributed by atoms with E-state index in [1.165, 1.54) is 30.3 Å². The van der Waals surface area contributed by atoms with Gasteiger partial charge >= 0.3 is 0 Å². The van der Waals surface area contributed by atoms with Gasteiger partial charge in [-0.15, -0.1) is 0 Å². The molecule has 0 aromatic heterocycles. The lowest BCUT2D eigenvalue weighted by atomic mass is 10.2. The minimum atomic E-state index is -0.357. The number of nitrogens with zero attached hydrogens (tertiary/aromatic N) is 2. The summed E-state index contributed by atoms with van der Waals surface area (Å²) in [5.74, 6) is -0.753. The zero-order valence-corrected chi connectivity index (χ0v) is 13.9. The topological polar surface area (TPSA) is 35.6 Å². The normalized spacial score (nSPS) is 15.2. The molecular formula is C19H21F2N3O. The van der Waals surface area contributed by atoms with Crippen molar-refractivity contribution in [2.75, 3.05) is 44.2 Å². The zero-order valence-electron chi connectivity index (χ0n) is 13.9. The third kappa shape index (κ3) is 4.54. The van der Waals surface area contributed by atoms with E-state index < -0.39 is 0 Å². The summed E-state index contributed by atoms with van der Waals surface area (Å²) in [5, 5.41) is 2.84. The predicted octanol–water partition coefficient (Wildman–Crippen LogP) is 2.52. The zero-order chi connectivity index (χ0) is 17.6. The lowest BCUT2D eigenvalue weighted by molar-refractivity contribution is 0.0947. The fourth-order valence-corrected chi connectivity index (χ4v) is 2.95. The largest absolute Gasteiger partial charge is 0.367 e. The Hall–Kier alpha value is -2.47. The number of para-hydroxylation sites is 1. The molecule has 0 atom stereocenters. The second kappa shape index (κ2) is 8.07. The van der Waals surface area contributed by atoms with E-state index in [0.29, 0.717) is 17.8 Å². The molecule has 0 spiro atoms. The Morgan fingerprint density at radius 1 is 0.960 bits per heavy atom. The third-order valence-electron chi connectivity index (χ3n) is 4.39. The second-order valence-corrected chi connectivity index (χ2v) is 6.04. The number of hydrogen-bond acceptors (Lipinski definition) is 3. The Morgan fingerprint density at radius 2 is 1.64 bits per heavy atom. The Morgan fingerprint density at radius 3 is 2.32 bits per heavy atom. The van der Waals surface area contributed by atoms with Crippen molar-refractivity contribution in [2.45, 2.75) is 0 Å². The molecule has 2 aromatic carbocycles. The van der Waals surface area contributed by atoms with Gasteiger partial charge in [0.15, 0.2) is 0 Å². The summed E-state index contributed by atoms with van der Waals surface area (Å²) >= 11 is 0. The van der Waals surface area contributed by atoms with Crippen molar-refractivity contribution in [1.29, 1.82) is 0 Å². The lowest BCUT2D eigenvalue weighted by Gasteiger charge is -2.36. The van der Waals surface area contributed by atoms with E-state index in [4.69, 9.17) is 0 Å². The molecule has 1 saturated heterocycles. The molecule has 4 nitrogen and oxygen atoms in total. The predicted molar refractivity (Wildman–Crippen MR) is 93.8 cm³/mol. The number of carbonyl (C=O) groups excluding carboxylic acids is 1. The summed E-state index contributed by atoms with van der Waals surface area (Å²) in [6.07, 6.45) is 0. The monoisotopic (exact) mass is 345 g/mol. The first-order valence-electron chi connectivity index (χ1n) is 8.39.